The number of nitrogens with one attached hydrogen (secondary N) is 8. The molecule has 1 aromatic carbocycles. The fourth-order valence-electron chi connectivity index (χ4n) is 6.11. The predicted molar refractivity (Wildman–Crippen MR) is 208 cm³/mol. The van der Waals surface area contributed by atoms with E-state index in [0.29, 0.717) is 30.7 Å². The van der Waals surface area contributed by atoms with Gasteiger partial charge < -0.3 is 52.4 Å². The van der Waals surface area contributed by atoms with Crippen molar-refractivity contribution in [3.63, 3.8) is 0 Å². The topological polar surface area (TPSA) is 260 Å². The van der Waals surface area contributed by atoms with Crippen LogP contribution in [0.15, 0.2) is 30.5 Å². The number of fused-ring (bicyclic) bond motifs is 1. The molecule has 304 valence electrons. The summed E-state index contributed by atoms with van der Waals surface area (Å²) < 4.78 is 0. The van der Waals surface area contributed by atoms with E-state index in [4.69, 9.17) is 0 Å². The molecule has 0 saturated carbocycles. The van der Waals surface area contributed by atoms with Gasteiger partial charge in [-0.3, -0.25) is 28.8 Å². The number of para-hydroxylation sites is 1. The standard InChI is InChI=1S/C37H56N8O9S/c1-19(2)16-28(43-31(47)20(3)40-34(50)27(13-15-55-6)42-33(49)26-12-9-14-38-26)36(52)44-29(17-23-18-39-25-11-8-7-10-24(23)25)35(51)41-21(4)32(48)45-30(22(5)46)37(53)54/h7-8,10-11,18-22,26-30,38-39,46H,9,12-17H2,1-6H3,(H,40,50)(H,41,51)(H,42,49)(H,43,47)(H,44,52)(H,45,48)(H,53,54)/t20-,21-,22+,26-,27-,28-,29-,30-/m0/s1. The van der Waals surface area contributed by atoms with Crippen LogP contribution in [0.5, 0.6) is 0 Å². The van der Waals surface area contributed by atoms with Gasteiger partial charge in [0, 0.05) is 23.5 Å². The van der Waals surface area contributed by atoms with Crippen molar-refractivity contribution in [2.45, 2.75) is 115 Å². The zero-order chi connectivity index (χ0) is 40.8. The number of carboxylic acid groups (broad SMARTS) is 1. The quantitative estimate of drug-likeness (QED) is 0.0784. The van der Waals surface area contributed by atoms with Gasteiger partial charge in [-0.2, -0.15) is 11.8 Å². The summed E-state index contributed by atoms with van der Waals surface area (Å²) in [5.74, 6) is -4.75. The van der Waals surface area contributed by atoms with Gasteiger partial charge in [0.1, 0.15) is 30.2 Å². The Morgan fingerprint density at radius 1 is 0.800 bits per heavy atom. The van der Waals surface area contributed by atoms with E-state index in [1.807, 2.05) is 44.4 Å². The number of hydrogen-bond acceptors (Lipinski definition) is 10. The zero-order valence-corrected chi connectivity index (χ0v) is 33.0. The Kier molecular flexibility index (Phi) is 17.4. The molecule has 1 aliphatic heterocycles. The first-order valence-electron chi connectivity index (χ1n) is 18.5. The monoisotopic (exact) mass is 788 g/mol. The Morgan fingerprint density at radius 3 is 1.98 bits per heavy atom. The molecule has 1 aliphatic rings. The number of hydrogen-bond donors (Lipinski definition) is 10. The maximum Gasteiger partial charge on any atom is 0.328 e. The molecular formula is C37H56N8O9S. The van der Waals surface area contributed by atoms with Crippen LogP contribution >= 0.6 is 11.8 Å². The fourth-order valence-corrected chi connectivity index (χ4v) is 6.58. The van der Waals surface area contributed by atoms with Gasteiger partial charge in [-0.25, -0.2) is 4.79 Å². The van der Waals surface area contributed by atoms with Crippen LogP contribution in [0.4, 0.5) is 0 Å². The van der Waals surface area contributed by atoms with Crippen molar-refractivity contribution in [1.29, 1.82) is 0 Å². The number of thioether (sulfide) groups is 1. The molecule has 2 aromatic rings. The van der Waals surface area contributed by atoms with Crippen LogP contribution < -0.4 is 37.2 Å². The van der Waals surface area contributed by atoms with Crippen molar-refractivity contribution in [2.24, 2.45) is 5.92 Å². The van der Waals surface area contributed by atoms with E-state index >= 15 is 0 Å². The second-order valence-electron chi connectivity index (χ2n) is 14.3. The first-order chi connectivity index (χ1) is 26.0. The van der Waals surface area contributed by atoms with Crippen LogP contribution in [0.2, 0.25) is 0 Å². The highest BCUT2D eigenvalue weighted by Crippen LogP contribution is 2.20. The summed E-state index contributed by atoms with van der Waals surface area (Å²) in [5, 5.41) is 38.7. The number of aromatic amines is 1. The van der Waals surface area contributed by atoms with Crippen LogP contribution in [0.25, 0.3) is 10.9 Å². The van der Waals surface area contributed by atoms with Crippen molar-refractivity contribution in [1.82, 2.24) is 42.2 Å². The lowest BCUT2D eigenvalue weighted by molar-refractivity contribution is -0.145. The third-order valence-electron chi connectivity index (χ3n) is 9.24. The number of aromatic nitrogens is 1. The highest BCUT2D eigenvalue weighted by molar-refractivity contribution is 7.98. The van der Waals surface area contributed by atoms with Crippen molar-refractivity contribution in [3.05, 3.63) is 36.0 Å². The Hall–Kier alpha value is -4.68. The maximum absolute atomic E-state index is 13.9. The minimum absolute atomic E-state index is 0.0182. The van der Waals surface area contributed by atoms with E-state index in [9.17, 15) is 43.8 Å². The highest BCUT2D eigenvalue weighted by atomic mass is 32.2. The van der Waals surface area contributed by atoms with Crippen LogP contribution in [0.3, 0.4) is 0 Å². The second-order valence-corrected chi connectivity index (χ2v) is 15.3. The molecule has 17 nitrogen and oxygen atoms in total. The lowest BCUT2D eigenvalue weighted by Crippen LogP contribution is -2.60. The average molecular weight is 789 g/mol. The summed E-state index contributed by atoms with van der Waals surface area (Å²) in [7, 11) is 0. The van der Waals surface area contributed by atoms with E-state index in [-0.39, 0.29) is 30.7 Å². The van der Waals surface area contributed by atoms with Gasteiger partial charge in [0.05, 0.1) is 12.1 Å². The molecule has 1 fully saturated rings. The first-order valence-corrected chi connectivity index (χ1v) is 19.9. The molecule has 18 heteroatoms. The number of aliphatic hydroxyl groups excluding tert-OH is 1. The zero-order valence-electron chi connectivity index (χ0n) is 32.2. The third-order valence-corrected chi connectivity index (χ3v) is 9.89. The number of H-pyrrole nitrogens is 1. The molecule has 8 atom stereocenters. The average Bonchev–Trinajstić information content (AvgIpc) is 3.82. The van der Waals surface area contributed by atoms with E-state index in [1.165, 1.54) is 32.5 Å². The first kappa shape index (κ1) is 44.7. The van der Waals surface area contributed by atoms with Gasteiger partial charge in [-0.05, 0) is 82.6 Å². The summed E-state index contributed by atoms with van der Waals surface area (Å²) >= 11 is 1.51. The van der Waals surface area contributed by atoms with Gasteiger partial charge >= 0.3 is 5.97 Å². The summed E-state index contributed by atoms with van der Waals surface area (Å²) in [6.45, 7) is 8.42. The Bertz CT molecular complexity index is 1660. The highest BCUT2D eigenvalue weighted by Gasteiger charge is 2.33. The van der Waals surface area contributed by atoms with Gasteiger partial charge in [0.2, 0.25) is 35.4 Å². The number of benzene rings is 1. The molecular weight excluding hydrogens is 733 g/mol. The second kappa shape index (κ2) is 21.4. The van der Waals surface area contributed by atoms with Crippen LogP contribution in [0, 0.1) is 5.92 Å². The van der Waals surface area contributed by atoms with E-state index in [2.05, 4.69) is 42.2 Å². The van der Waals surface area contributed by atoms with E-state index in [1.54, 1.807) is 6.20 Å². The smallest absolute Gasteiger partial charge is 0.328 e. The summed E-state index contributed by atoms with van der Waals surface area (Å²) in [5.41, 5.74) is 1.47. The maximum atomic E-state index is 13.9. The fraction of sp³-hybridized carbons (Fsp3) is 0.595. The van der Waals surface area contributed by atoms with E-state index < -0.39 is 77.9 Å². The Labute approximate surface area is 325 Å². The normalized spacial score (nSPS) is 17.9. The molecule has 0 bridgehead atoms. The molecule has 0 spiro atoms. The van der Waals surface area contributed by atoms with Crippen molar-refractivity contribution in [2.75, 3.05) is 18.6 Å². The lowest BCUT2D eigenvalue weighted by atomic mass is 10.00. The lowest BCUT2D eigenvalue weighted by Gasteiger charge is -2.27. The van der Waals surface area contributed by atoms with Crippen molar-refractivity contribution < 1.29 is 43.8 Å². The predicted octanol–water partition coefficient (Wildman–Crippen LogP) is -0.324. The number of rotatable bonds is 21. The largest absolute Gasteiger partial charge is 0.480 e. The van der Waals surface area contributed by atoms with Gasteiger partial charge in [0.25, 0.3) is 0 Å². The molecule has 6 amide bonds. The Morgan fingerprint density at radius 2 is 1.40 bits per heavy atom. The van der Waals surface area contributed by atoms with Gasteiger partial charge in [0.15, 0.2) is 6.04 Å². The number of carbonyl (C=O) groups excluding carboxylic acids is 6. The van der Waals surface area contributed by atoms with Crippen molar-refractivity contribution in [3.8, 4) is 0 Å². The molecule has 0 aliphatic carbocycles. The van der Waals surface area contributed by atoms with Gasteiger partial charge in [-0.1, -0.05) is 32.0 Å². The van der Waals surface area contributed by atoms with E-state index in [0.717, 1.165) is 17.3 Å². The van der Waals surface area contributed by atoms with Gasteiger partial charge in [-0.15, -0.1) is 0 Å². The van der Waals surface area contributed by atoms with Crippen LogP contribution in [0.1, 0.15) is 65.9 Å². The molecule has 0 radical (unpaired) electrons. The molecule has 55 heavy (non-hydrogen) atoms. The molecule has 10 N–H and O–H groups in total. The molecule has 2 heterocycles. The number of amides is 6. The van der Waals surface area contributed by atoms with Crippen LogP contribution in [-0.4, -0.2) is 124 Å². The van der Waals surface area contributed by atoms with Crippen molar-refractivity contribution >= 4 is 64.1 Å². The molecule has 1 saturated heterocycles. The van der Waals surface area contributed by atoms with Crippen LogP contribution in [-0.2, 0) is 40.0 Å². The SMILES string of the molecule is CSCC[C@H](NC(=O)[C@@H]1CCCN1)C(=O)N[C@@H](C)C(=O)N[C@@H](CC(C)C)C(=O)N[C@@H](Cc1c[nH]c2ccccc12)C(=O)N[C@@H](C)C(=O)N[C@H](C(=O)O)[C@@H](C)O. The minimum atomic E-state index is -1.62. The minimum Gasteiger partial charge on any atom is -0.480 e. The third kappa shape index (κ3) is 13.5. The molecule has 1 aromatic heterocycles. The molecule has 3 rings (SSSR count). The number of aliphatic carboxylic acids is 1. The Balaban J connectivity index is 1.77. The number of carboxylic acids is 1. The number of carbonyl (C=O) groups is 7. The molecule has 0 unspecified atom stereocenters. The summed E-state index contributed by atoms with van der Waals surface area (Å²) in [6.07, 6.45) is 4.19. The summed E-state index contributed by atoms with van der Waals surface area (Å²) in [6, 6.07) is -0.263. The summed E-state index contributed by atoms with van der Waals surface area (Å²) in [4.78, 5) is 94.7. The number of aliphatic hydroxyl groups is 1.